The molecule has 0 radical (unpaired) electrons. The smallest absolute Gasteiger partial charge is 0.252 e. The highest BCUT2D eigenvalue weighted by molar-refractivity contribution is 7.99. The zero-order chi connectivity index (χ0) is 10.6. The van der Waals surface area contributed by atoms with Gasteiger partial charge in [-0.25, -0.2) is 0 Å². The number of amides is 1. The van der Waals surface area contributed by atoms with Crippen LogP contribution in [0.15, 0.2) is 23.1 Å². The SMILES string of the molecule is CCSc1c(Cl)cccc1C(=O)NC. The number of carbonyl (C=O) groups excluding carboxylic acids is 1. The summed E-state index contributed by atoms with van der Waals surface area (Å²) in [5.41, 5.74) is 0.645. The molecule has 1 aromatic rings. The van der Waals surface area contributed by atoms with Gasteiger partial charge >= 0.3 is 0 Å². The van der Waals surface area contributed by atoms with E-state index in [-0.39, 0.29) is 5.91 Å². The largest absolute Gasteiger partial charge is 0.355 e. The van der Waals surface area contributed by atoms with E-state index in [0.29, 0.717) is 10.6 Å². The van der Waals surface area contributed by atoms with E-state index in [1.54, 1.807) is 37.0 Å². The Labute approximate surface area is 93.0 Å². The second kappa shape index (κ2) is 5.27. The van der Waals surface area contributed by atoms with Crippen molar-refractivity contribution in [3.8, 4) is 0 Å². The first-order valence-electron chi connectivity index (χ1n) is 4.34. The number of hydrogen-bond acceptors (Lipinski definition) is 2. The van der Waals surface area contributed by atoms with Gasteiger partial charge in [0.25, 0.3) is 5.91 Å². The maximum Gasteiger partial charge on any atom is 0.252 e. The fourth-order valence-electron chi connectivity index (χ4n) is 1.11. The van der Waals surface area contributed by atoms with Crippen LogP contribution >= 0.6 is 23.4 Å². The summed E-state index contributed by atoms with van der Waals surface area (Å²) in [7, 11) is 1.61. The van der Waals surface area contributed by atoms with E-state index >= 15 is 0 Å². The van der Waals surface area contributed by atoms with Crippen molar-refractivity contribution >= 4 is 29.3 Å². The molecular weight excluding hydrogens is 218 g/mol. The molecule has 1 amide bonds. The van der Waals surface area contributed by atoms with Gasteiger partial charge in [-0.05, 0) is 17.9 Å². The standard InChI is InChI=1S/C10H12ClNOS/c1-3-14-9-7(10(13)12-2)5-4-6-8(9)11/h4-6H,3H2,1-2H3,(H,12,13). The number of nitrogens with one attached hydrogen (secondary N) is 1. The van der Waals surface area contributed by atoms with Crippen LogP contribution in [0.1, 0.15) is 17.3 Å². The monoisotopic (exact) mass is 229 g/mol. The number of thioether (sulfide) groups is 1. The molecule has 2 nitrogen and oxygen atoms in total. The number of hydrogen-bond donors (Lipinski definition) is 1. The molecule has 0 aliphatic rings. The predicted molar refractivity (Wildman–Crippen MR) is 61.2 cm³/mol. The van der Waals surface area contributed by atoms with Crippen LogP contribution in [0.5, 0.6) is 0 Å². The van der Waals surface area contributed by atoms with E-state index in [1.807, 2.05) is 6.92 Å². The van der Waals surface area contributed by atoms with Crippen molar-refractivity contribution in [1.29, 1.82) is 0 Å². The van der Waals surface area contributed by atoms with Gasteiger partial charge in [0, 0.05) is 11.9 Å². The van der Waals surface area contributed by atoms with Crippen molar-refractivity contribution in [3.63, 3.8) is 0 Å². The summed E-state index contributed by atoms with van der Waals surface area (Å²) in [6.45, 7) is 2.03. The van der Waals surface area contributed by atoms with Crippen molar-refractivity contribution in [2.24, 2.45) is 0 Å². The van der Waals surface area contributed by atoms with Crippen LogP contribution in [0.3, 0.4) is 0 Å². The maximum atomic E-state index is 11.5. The summed E-state index contributed by atoms with van der Waals surface area (Å²) >= 11 is 7.59. The number of halogens is 1. The molecular formula is C10H12ClNOS. The molecule has 1 N–H and O–H groups in total. The Morgan fingerprint density at radius 3 is 2.86 bits per heavy atom. The molecule has 0 aromatic heterocycles. The lowest BCUT2D eigenvalue weighted by Crippen LogP contribution is -2.18. The molecule has 1 aromatic carbocycles. The highest BCUT2D eigenvalue weighted by Gasteiger charge is 2.12. The minimum Gasteiger partial charge on any atom is -0.355 e. The lowest BCUT2D eigenvalue weighted by Gasteiger charge is -2.08. The molecule has 14 heavy (non-hydrogen) atoms. The average molecular weight is 230 g/mol. The first-order chi connectivity index (χ1) is 6.70. The normalized spacial score (nSPS) is 9.93. The van der Waals surface area contributed by atoms with Gasteiger partial charge < -0.3 is 5.32 Å². The van der Waals surface area contributed by atoms with Crippen molar-refractivity contribution < 1.29 is 4.79 Å². The van der Waals surface area contributed by atoms with Crippen LogP contribution in [0.2, 0.25) is 5.02 Å². The van der Waals surface area contributed by atoms with Crippen molar-refractivity contribution in [1.82, 2.24) is 5.32 Å². The fourth-order valence-corrected chi connectivity index (χ4v) is 2.26. The van der Waals surface area contributed by atoms with Crippen LogP contribution < -0.4 is 5.32 Å². The highest BCUT2D eigenvalue weighted by atomic mass is 35.5. The number of rotatable bonds is 3. The van der Waals surface area contributed by atoms with Gasteiger partial charge in [0.05, 0.1) is 10.6 Å². The third-order valence-electron chi connectivity index (χ3n) is 1.73. The Bertz CT molecular complexity index is 341. The Morgan fingerprint density at radius 1 is 1.57 bits per heavy atom. The molecule has 76 valence electrons. The molecule has 0 unspecified atom stereocenters. The van der Waals surface area contributed by atoms with Gasteiger partial charge in [-0.1, -0.05) is 24.6 Å². The van der Waals surface area contributed by atoms with Crippen molar-refractivity contribution in [3.05, 3.63) is 28.8 Å². The summed E-state index contributed by atoms with van der Waals surface area (Å²) in [6, 6.07) is 5.36. The Morgan fingerprint density at radius 2 is 2.29 bits per heavy atom. The third kappa shape index (κ3) is 2.42. The topological polar surface area (TPSA) is 29.1 Å². The van der Waals surface area contributed by atoms with Gasteiger partial charge in [-0.3, -0.25) is 4.79 Å². The van der Waals surface area contributed by atoms with Gasteiger partial charge in [-0.2, -0.15) is 0 Å². The first kappa shape index (κ1) is 11.4. The summed E-state index contributed by atoms with van der Waals surface area (Å²) in [4.78, 5) is 12.3. The van der Waals surface area contributed by atoms with Gasteiger partial charge in [0.2, 0.25) is 0 Å². The Hall–Kier alpha value is -0.670. The maximum absolute atomic E-state index is 11.5. The molecule has 4 heteroatoms. The van der Waals surface area contributed by atoms with Crippen LogP contribution in [0, 0.1) is 0 Å². The van der Waals surface area contributed by atoms with Crippen molar-refractivity contribution in [2.45, 2.75) is 11.8 Å². The van der Waals surface area contributed by atoms with Crippen LogP contribution in [-0.2, 0) is 0 Å². The zero-order valence-corrected chi connectivity index (χ0v) is 9.71. The first-order valence-corrected chi connectivity index (χ1v) is 5.70. The van der Waals surface area contributed by atoms with E-state index < -0.39 is 0 Å². The number of benzene rings is 1. The summed E-state index contributed by atoms with van der Waals surface area (Å²) in [5, 5.41) is 3.23. The summed E-state index contributed by atoms with van der Waals surface area (Å²) in [6.07, 6.45) is 0. The van der Waals surface area contributed by atoms with E-state index in [0.717, 1.165) is 10.6 Å². The highest BCUT2D eigenvalue weighted by Crippen LogP contribution is 2.30. The predicted octanol–water partition coefficient (Wildman–Crippen LogP) is 2.81. The summed E-state index contributed by atoms with van der Waals surface area (Å²) < 4.78 is 0. The van der Waals surface area contributed by atoms with Crippen LogP contribution in [0.4, 0.5) is 0 Å². The third-order valence-corrected chi connectivity index (χ3v) is 3.17. The Kier molecular flexibility index (Phi) is 4.29. The lowest BCUT2D eigenvalue weighted by molar-refractivity contribution is 0.0960. The molecule has 0 aliphatic carbocycles. The van der Waals surface area contributed by atoms with E-state index in [2.05, 4.69) is 5.32 Å². The molecule has 0 saturated carbocycles. The average Bonchev–Trinajstić information content (AvgIpc) is 2.20. The quantitative estimate of drug-likeness (QED) is 0.808. The molecule has 0 bridgehead atoms. The van der Waals surface area contributed by atoms with Crippen LogP contribution in [-0.4, -0.2) is 18.7 Å². The van der Waals surface area contributed by atoms with E-state index in [4.69, 9.17) is 11.6 Å². The molecule has 0 atom stereocenters. The number of carbonyl (C=O) groups is 1. The van der Waals surface area contributed by atoms with Crippen LogP contribution in [0.25, 0.3) is 0 Å². The lowest BCUT2D eigenvalue weighted by atomic mass is 10.2. The molecule has 0 heterocycles. The molecule has 1 rings (SSSR count). The van der Waals surface area contributed by atoms with Crippen molar-refractivity contribution in [2.75, 3.05) is 12.8 Å². The minimum absolute atomic E-state index is 0.0940. The molecule has 0 spiro atoms. The van der Waals surface area contributed by atoms with Gasteiger partial charge in [-0.15, -0.1) is 11.8 Å². The Balaban J connectivity index is 3.13. The minimum atomic E-state index is -0.0940. The van der Waals surface area contributed by atoms with Gasteiger partial charge in [0.1, 0.15) is 0 Å². The van der Waals surface area contributed by atoms with E-state index in [1.165, 1.54) is 0 Å². The second-order valence-corrected chi connectivity index (χ2v) is 4.31. The molecule has 0 fully saturated rings. The molecule has 0 saturated heterocycles. The van der Waals surface area contributed by atoms with E-state index in [9.17, 15) is 4.79 Å². The molecule has 0 aliphatic heterocycles. The second-order valence-electron chi connectivity index (χ2n) is 2.63. The summed E-state index contributed by atoms with van der Waals surface area (Å²) in [5.74, 6) is 0.803. The fraction of sp³-hybridized carbons (Fsp3) is 0.300. The van der Waals surface area contributed by atoms with Gasteiger partial charge in [0.15, 0.2) is 0 Å². The zero-order valence-electron chi connectivity index (χ0n) is 8.13.